The number of likely N-dealkylation sites (N-methyl/N-ethyl adjacent to an activating group) is 1. The summed E-state index contributed by atoms with van der Waals surface area (Å²) in [6.45, 7) is 8.99. The number of nitrogens with zero attached hydrogens (tertiary/aromatic N) is 3. The van der Waals surface area contributed by atoms with E-state index >= 15 is 0 Å². The third-order valence-corrected chi connectivity index (χ3v) is 3.36. The van der Waals surface area contributed by atoms with E-state index in [1.165, 1.54) is 0 Å². The second-order valence-corrected chi connectivity index (χ2v) is 6.51. The van der Waals surface area contributed by atoms with Gasteiger partial charge in [0.1, 0.15) is 0 Å². The number of rotatable bonds is 5. The molecule has 1 aromatic rings. The largest absolute Gasteiger partial charge is 0.376 e. The molecule has 2 rings (SSSR count). The van der Waals surface area contributed by atoms with Gasteiger partial charge in [-0.3, -0.25) is 0 Å². The van der Waals surface area contributed by atoms with Crippen LogP contribution in [0.3, 0.4) is 0 Å². The van der Waals surface area contributed by atoms with E-state index < -0.39 is 0 Å². The van der Waals surface area contributed by atoms with Gasteiger partial charge < -0.3 is 15.0 Å². The van der Waals surface area contributed by atoms with Gasteiger partial charge in [0, 0.05) is 50.2 Å². The maximum Gasteiger partial charge on any atom is 0.225 e. The van der Waals surface area contributed by atoms with Gasteiger partial charge in [-0.25, -0.2) is 9.97 Å². The fourth-order valence-electron chi connectivity index (χ4n) is 2.18. The monoisotopic (exact) mass is 278 g/mol. The maximum atomic E-state index is 5.64. The van der Waals surface area contributed by atoms with Gasteiger partial charge in [0.05, 0.1) is 6.10 Å². The van der Waals surface area contributed by atoms with Crippen LogP contribution in [0.15, 0.2) is 12.4 Å². The van der Waals surface area contributed by atoms with Crippen molar-refractivity contribution in [2.24, 2.45) is 0 Å². The highest BCUT2D eigenvalue weighted by molar-refractivity contribution is 5.28. The maximum absolute atomic E-state index is 5.64. The summed E-state index contributed by atoms with van der Waals surface area (Å²) in [6, 6.07) is 0. The highest BCUT2D eigenvalue weighted by atomic mass is 16.5. The molecule has 5 heteroatoms. The van der Waals surface area contributed by atoms with Crippen LogP contribution in [0.25, 0.3) is 0 Å². The van der Waals surface area contributed by atoms with Gasteiger partial charge in [0.2, 0.25) is 5.95 Å². The topological polar surface area (TPSA) is 50.3 Å². The van der Waals surface area contributed by atoms with Gasteiger partial charge in [0.25, 0.3) is 0 Å². The van der Waals surface area contributed by atoms with Crippen molar-refractivity contribution in [1.29, 1.82) is 0 Å². The van der Waals surface area contributed by atoms with Gasteiger partial charge >= 0.3 is 0 Å². The van der Waals surface area contributed by atoms with Crippen molar-refractivity contribution >= 4 is 5.95 Å². The quantitative estimate of drug-likeness (QED) is 0.892. The van der Waals surface area contributed by atoms with Crippen molar-refractivity contribution in [3.63, 3.8) is 0 Å². The van der Waals surface area contributed by atoms with Crippen LogP contribution in [-0.2, 0) is 11.3 Å². The third kappa shape index (κ3) is 4.72. The van der Waals surface area contributed by atoms with Crippen LogP contribution in [0.5, 0.6) is 0 Å². The molecule has 2 heterocycles. The van der Waals surface area contributed by atoms with Gasteiger partial charge in [-0.1, -0.05) is 0 Å². The van der Waals surface area contributed by atoms with Gasteiger partial charge in [0.15, 0.2) is 0 Å². The van der Waals surface area contributed by atoms with Gasteiger partial charge in [-0.15, -0.1) is 0 Å². The van der Waals surface area contributed by atoms with Crippen molar-refractivity contribution in [2.45, 2.75) is 51.8 Å². The molecule has 1 N–H and O–H groups in total. The Balaban J connectivity index is 1.86. The Bertz CT molecular complexity index is 407. The molecule has 112 valence electrons. The average molecular weight is 278 g/mol. The first kappa shape index (κ1) is 15.2. The van der Waals surface area contributed by atoms with Crippen LogP contribution in [0.4, 0.5) is 5.95 Å². The van der Waals surface area contributed by atoms with Crippen LogP contribution < -0.4 is 10.2 Å². The number of nitrogens with one attached hydrogen (secondary N) is 1. The molecule has 1 unspecified atom stereocenters. The van der Waals surface area contributed by atoms with E-state index in [-0.39, 0.29) is 5.54 Å². The summed E-state index contributed by atoms with van der Waals surface area (Å²) in [5, 5.41) is 3.43. The molecule has 0 spiro atoms. The SMILES string of the molecule is CN(CC1CCCO1)c1ncc(CNC(C)(C)C)cn1. The lowest BCUT2D eigenvalue weighted by atomic mass is 10.1. The lowest BCUT2D eigenvalue weighted by Gasteiger charge is -2.22. The summed E-state index contributed by atoms with van der Waals surface area (Å²) in [4.78, 5) is 10.9. The van der Waals surface area contributed by atoms with Crippen molar-refractivity contribution in [2.75, 3.05) is 25.1 Å². The fourth-order valence-corrected chi connectivity index (χ4v) is 2.18. The Morgan fingerprint density at radius 2 is 2.05 bits per heavy atom. The molecule has 0 amide bonds. The molecule has 0 bridgehead atoms. The van der Waals surface area contributed by atoms with E-state index in [4.69, 9.17) is 4.74 Å². The standard InChI is InChI=1S/C15H26N4O/c1-15(2,3)18-10-12-8-16-14(17-9-12)19(4)11-13-6-5-7-20-13/h8-9,13,18H,5-7,10-11H2,1-4H3. The highest BCUT2D eigenvalue weighted by Gasteiger charge is 2.18. The minimum atomic E-state index is 0.106. The summed E-state index contributed by atoms with van der Waals surface area (Å²) in [7, 11) is 2.02. The first-order valence-corrected chi connectivity index (χ1v) is 7.33. The summed E-state index contributed by atoms with van der Waals surface area (Å²) in [5.74, 6) is 0.764. The van der Waals surface area contributed by atoms with E-state index in [0.717, 1.165) is 44.0 Å². The Kier molecular flexibility index (Phi) is 4.94. The predicted octanol–water partition coefficient (Wildman–Crippen LogP) is 1.98. The highest BCUT2D eigenvalue weighted by Crippen LogP contribution is 2.15. The van der Waals surface area contributed by atoms with Crippen LogP contribution >= 0.6 is 0 Å². The number of hydrogen-bond acceptors (Lipinski definition) is 5. The molecule has 0 aromatic carbocycles. The minimum absolute atomic E-state index is 0.106. The Hall–Kier alpha value is -1.20. The molecule has 1 atom stereocenters. The van der Waals surface area contributed by atoms with Gasteiger partial charge in [-0.05, 0) is 33.6 Å². The molecule has 1 fully saturated rings. The molecule has 20 heavy (non-hydrogen) atoms. The molecule has 1 aliphatic rings. The van der Waals surface area contributed by atoms with Crippen LogP contribution in [0.1, 0.15) is 39.2 Å². The zero-order valence-electron chi connectivity index (χ0n) is 13.0. The molecule has 5 nitrogen and oxygen atoms in total. The molecule has 1 aromatic heterocycles. The minimum Gasteiger partial charge on any atom is -0.376 e. The Morgan fingerprint density at radius 1 is 1.35 bits per heavy atom. The molecule has 1 aliphatic heterocycles. The second kappa shape index (κ2) is 6.50. The predicted molar refractivity (Wildman–Crippen MR) is 80.9 cm³/mol. The van der Waals surface area contributed by atoms with Crippen LogP contribution in [0.2, 0.25) is 0 Å². The third-order valence-electron chi connectivity index (χ3n) is 3.36. The lowest BCUT2D eigenvalue weighted by molar-refractivity contribution is 0.116. The fraction of sp³-hybridized carbons (Fsp3) is 0.733. The molecular weight excluding hydrogens is 252 g/mol. The van der Waals surface area contributed by atoms with Crippen molar-refractivity contribution in [3.05, 3.63) is 18.0 Å². The molecule has 1 saturated heterocycles. The lowest BCUT2D eigenvalue weighted by Crippen LogP contribution is -2.35. The van der Waals surface area contributed by atoms with Crippen LogP contribution in [0, 0.1) is 0 Å². The average Bonchev–Trinajstić information content (AvgIpc) is 2.89. The van der Waals surface area contributed by atoms with Crippen molar-refractivity contribution in [1.82, 2.24) is 15.3 Å². The molecule has 0 aliphatic carbocycles. The van der Waals surface area contributed by atoms with Crippen LogP contribution in [-0.4, -0.2) is 41.8 Å². The number of ether oxygens (including phenoxy) is 1. The smallest absolute Gasteiger partial charge is 0.225 e. The normalized spacial score (nSPS) is 19.3. The van der Waals surface area contributed by atoms with E-state index in [2.05, 4.69) is 41.0 Å². The van der Waals surface area contributed by atoms with E-state index in [0.29, 0.717) is 6.10 Å². The summed E-state index contributed by atoms with van der Waals surface area (Å²) in [5.41, 5.74) is 1.21. The first-order valence-electron chi connectivity index (χ1n) is 7.33. The second-order valence-electron chi connectivity index (χ2n) is 6.51. The summed E-state index contributed by atoms with van der Waals surface area (Å²) < 4.78 is 5.64. The number of aromatic nitrogens is 2. The number of anilines is 1. The van der Waals surface area contributed by atoms with Crippen molar-refractivity contribution < 1.29 is 4.74 Å². The zero-order chi connectivity index (χ0) is 14.6. The zero-order valence-corrected chi connectivity index (χ0v) is 13.0. The molecule has 0 radical (unpaired) electrons. The summed E-state index contributed by atoms with van der Waals surface area (Å²) >= 11 is 0. The van der Waals surface area contributed by atoms with E-state index in [9.17, 15) is 0 Å². The number of hydrogen-bond donors (Lipinski definition) is 1. The van der Waals surface area contributed by atoms with Gasteiger partial charge in [-0.2, -0.15) is 0 Å². The molecular formula is C15H26N4O. The Morgan fingerprint density at radius 3 is 2.60 bits per heavy atom. The molecule has 0 saturated carbocycles. The first-order chi connectivity index (χ1) is 9.44. The van der Waals surface area contributed by atoms with Crippen molar-refractivity contribution in [3.8, 4) is 0 Å². The van der Waals surface area contributed by atoms with E-state index in [1.54, 1.807) is 0 Å². The van der Waals surface area contributed by atoms with E-state index in [1.807, 2.05) is 19.4 Å². The Labute approximate surface area is 121 Å². The summed E-state index contributed by atoms with van der Waals surface area (Å²) in [6.07, 6.45) is 6.42.